The summed E-state index contributed by atoms with van der Waals surface area (Å²) in [6.45, 7) is 2.39. The standard InChI is InChI=1S/C15H17NO3/c1-10-3-2-4-12(9-10)16(14(17)11-5-6-11)13-7-8-19-15(13)18/h2-4,9,11,13H,5-8H2,1H3. The summed E-state index contributed by atoms with van der Waals surface area (Å²) in [6, 6.07) is 7.29. The van der Waals surface area contributed by atoms with E-state index >= 15 is 0 Å². The quantitative estimate of drug-likeness (QED) is 0.780. The van der Waals surface area contributed by atoms with Crippen molar-refractivity contribution >= 4 is 17.6 Å². The zero-order chi connectivity index (χ0) is 13.4. The minimum absolute atomic E-state index is 0.0643. The summed E-state index contributed by atoms with van der Waals surface area (Å²) in [7, 11) is 0. The molecule has 1 aromatic rings. The molecule has 1 heterocycles. The predicted molar refractivity (Wildman–Crippen MR) is 70.8 cm³/mol. The van der Waals surface area contributed by atoms with E-state index in [9.17, 15) is 9.59 Å². The van der Waals surface area contributed by atoms with Crippen LogP contribution in [0, 0.1) is 12.8 Å². The highest BCUT2D eigenvalue weighted by atomic mass is 16.5. The molecule has 2 aliphatic rings. The average Bonchev–Trinajstić information content (AvgIpc) is 3.15. The van der Waals surface area contributed by atoms with Crippen LogP contribution in [0.2, 0.25) is 0 Å². The first-order valence-corrected chi connectivity index (χ1v) is 6.73. The molecule has 1 aliphatic heterocycles. The summed E-state index contributed by atoms with van der Waals surface area (Å²) >= 11 is 0. The van der Waals surface area contributed by atoms with E-state index < -0.39 is 6.04 Å². The molecule has 4 nitrogen and oxygen atoms in total. The molecule has 0 N–H and O–H groups in total. The summed E-state index contributed by atoms with van der Waals surface area (Å²) in [4.78, 5) is 25.9. The molecule has 1 amide bonds. The average molecular weight is 259 g/mol. The Labute approximate surface area is 112 Å². The number of ether oxygens (including phenoxy) is 1. The van der Waals surface area contributed by atoms with Crippen LogP contribution in [0.5, 0.6) is 0 Å². The molecule has 0 spiro atoms. The first-order valence-electron chi connectivity index (χ1n) is 6.73. The van der Waals surface area contributed by atoms with Crippen LogP contribution in [0.25, 0.3) is 0 Å². The van der Waals surface area contributed by atoms with Crippen molar-refractivity contribution in [1.82, 2.24) is 0 Å². The van der Waals surface area contributed by atoms with Crippen molar-refractivity contribution in [1.29, 1.82) is 0 Å². The third kappa shape index (κ3) is 2.35. The van der Waals surface area contributed by atoms with Crippen LogP contribution in [-0.2, 0) is 14.3 Å². The lowest BCUT2D eigenvalue weighted by Crippen LogP contribution is -2.44. The van der Waals surface area contributed by atoms with Gasteiger partial charge in [0.2, 0.25) is 5.91 Å². The van der Waals surface area contributed by atoms with Gasteiger partial charge in [-0.1, -0.05) is 12.1 Å². The van der Waals surface area contributed by atoms with Gasteiger partial charge in [-0.2, -0.15) is 0 Å². The molecule has 0 radical (unpaired) electrons. The molecule has 0 bridgehead atoms. The zero-order valence-corrected chi connectivity index (χ0v) is 11.0. The first kappa shape index (κ1) is 12.2. The fraction of sp³-hybridized carbons (Fsp3) is 0.467. The zero-order valence-electron chi connectivity index (χ0n) is 11.0. The number of carbonyl (C=O) groups is 2. The lowest BCUT2D eigenvalue weighted by Gasteiger charge is -2.27. The van der Waals surface area contributed by atoms with Crippen LogP contribution in [0.4, 0.5) is 5.69 Å². The van der Waals surface area contributed by atoms with Gasteiger partial charge in [0.05, 0.1) is 6.61 Å². The number of esters is 1. The van der Waals surface area contributed by atoms with E-state index in [1.54, 1.807) is 4.90 Å². The van der Waals surface area contributed by atoms with E-state index in [-0.39, 0.29) is 17.8 Å². The van der Waals surface area contributed by atoms with Crippen LogP contribution < -0.4 is 4.90 Å². The number of rotatable bonds is 3. The lowest BCUT2D eigenvalue weighted by molar-refractivity contribution is -0.140. The molecule has 1 aromatic carbocycles. The topological polar surface area (TPSA) is 46.6 Å². The Balaban J connectivity index is 1.95. The monoisotopic (exact) mass is 259 g/mol. The van der Waals surface area contributed by atoms with Crippen LogP contribution in [-0.4, -0.2) is 24.5 Å². The van der Waals surface area contributed by atoms with E-state index in [1.165, 1.54) is 0 Å². The van der Waals surface area contributed by atoms with Gasteiger partial charge in [-0.15, -0.1) is 0 Å². The summed E-state index contributed by atoms with van der Waals surface area (Å²) in [6.07, 6.45) is 2.46. The molecule has 19 heavy (non-hydrogen) atoms. The number of anilines is 1. The highest BCUT2D eigenvalue weighted by Gasteiger charge is 2.42. The minimum Gasteiger partial charge on any atom is -0.464 e. The number of nitrogens with zero attached hydrogens (tertiary/aromatic N) is 1. The van der Waals surface area contributed by atoms with Crippen molar-refractivity contribution in [2.45, 2.75) is 32.2 Å². The molecule has 1 saturated heterocycles. The summed E-state index contributed by atoms with van der Waals surface area (Å²) in [5, 5.41) is 0. The van der Waals surface area contributed by atoms with Crippen LogP contribution in [0.15, 0.2) is 24.3 Å². The second-order valence-corrected chi connectivity index (χ2v) is 5.29. The summed E-state index contributed by atoms with van der Waals surface area (Å²) < 4.78 is 5.02. The maximum absolute atomic E-state index is 12.5. The summed E-state index contributed by atoms with van der Waals surface area (Å²) in [5.41, 5.74) is 1.89. The van der Waals surface area contributed by atoms with Gasteiger partial charge in [0.25, 0.3) is 0 Å². The molecular formula is C15H17NO3. The number of carbonyl (C=O) groups excluding carboxylic acids is 2. The van der Waals surface area contributed by atoms with Gasteiger partial charge in [0.15, 0.2) is 0 Å². The molecular weight excluding hydrogens is 242 g/mol. The fourth-order valence-electron chi connectivity index (χ4n) is 2.49. The molecule has 1 unspecified atom stereocenters. The smallest absolute Gasteiger partial charge is 0.329 e. The molecule has 100 valence electrons. The van der Waals surface area contributed by atoms with E-state index in [2.05, 4.69) is 0 Å². The number of amides is 1. The van der Waals surface area contributed by atoms with E-state index in [4.69, 9.17) is 4.74 Å². The van der Waals surface area contributed by atoms with Crippen molar-refractivity contribution in [2.24, 2.45) is 5.92 Å². The molecule has 1 atom stereocenters. The van der Waals surface area contributed by atoms with Crippen molar-refractivity contribution in [3.63, 3.8) is 0 Å². The van der Waals surface area contributed by atoms with Gasteiger partial charge >= 0.3 is 5.97 Å². The number of benzene rings is 1. The van der Waals surface area contributed by atoms with Gasteiger partial charge in [-0.05, 0) is 37.5 Å². The Bertz CT molecular complexity index is 522. The van der Waals surface area contributed by atoms with E-state index in [1.807, 2.05) is 31.2 Å². The Morgan fingerprint density at radius 2 is 2.11 bits per heavy atom. The Kier molecular flexibility index (Phi) is 3.01. The minimum atomic E-state index is -0.449. The fourth-order valence-corrected chi connectivity index (χ4v) is 2.49. The summed E-state index contributed by atoms with van der Waals surface area (Å²) in [5.74, 6) is -0.126. The van der Waals surface area contributed by atoms with Crippen molar-refractivity contribution in [3.05, 3.63) is 29.8 Å². The highest BCUT2D eigenvalue weighted by Crippen LogP contribution is 2.35. The Morgan fingerprint density at radius 1 is 1.32 bits per heavy atom. The molecule has 3 rings (SSSR count). The third-order valence-electron chi connectivity index (χ3n) is 3.66. The first-order chi connectivity index (χ1) is 9.16. The third-order valence-corrected chi connectivity index (χ3v) is 3.66. The molecule has 0 aromatic heterocycles. The van der Waals surface area contributed by atoms with Crippen LogP contribution in [0.3, 0.4) is 0 Å². The molecule has 1 saturated carbocycles. The maximum Gasteiger partial charge on any atom is 0.329 e. The predicted octanol–water partition coefficient (Wildman–Crippen LogP) is 2.05. The molecule has 2 fully saturated rings. The van der Waals surface area contributed by atoms with Crippen LogP contribution >= 0.6 is 0 Å². The van der Waals surface area contributed by atoms with E-state index in [0.717, 1.165) is 24.1 Å². The number of cyclic esters (lactones) is 1. The molecule has 4 heteroatoms. The number of hydrogen-bond donors (Lipinski definition) is 0. The SMILES string of the molecule is Cc1cccc(N(C(=O)C2CC2)C2CCOC2=O)c1. The second kappa shape index (κ2) is 4.68. The Hall–Kier alpha value is -1.84. The molecule has 1 aliphatic carbocycles. The van der Waals surface area contributed by atoms with Gasteiger partial charge in [-0.3, -0.25) is 9.69 Å². The van der Waals surface area contributed by atoms with Gasteiger partial charge < -0.3 is 4.74 Å². The number of aryl methyl sites for hydroxylation is 1. The maximum atomic E-state index is 12.5. The van der Waals surface area contributed by atoms with Gasteiger partial charge in [-0.25, -0.2) is 4.79 Å². The normalized spacial score (nSPS) is 22.2. The van der Waals surface area contributed by atoms with Gasteiger partial charge in [0, 0.05) is 18.0 Å². The van der Waals surface area contributed by atoms with E-state index in [0.29, 0.717) is 13.0 Å². The van der Waals surface area contributed by atoms with Crippen molar-refractivity contribution in [3.8, 4) is 0 Å². The largest absolute Gasteiger partial charge is 0.464 e. The Morgan fingerprint density at radius 3 is 2.68 bits per heavy atom. The number of hydrogen-bond acceptors (Lipinski definition) is 3. The second-order valence-electron chi connectivity index (χ2n) is 5.29. The van der Waals surface area contributed by atoms with Crippen molar-refractivity contribution < 1.29 is 14.3 Å². The van der Waals surface area contributed by atoms with Gasteiger partial charge in [0.1, 0.15) is 6.04 Å². The highest BCUT2D eigenvalue weighted by molar-refractivity contribution is 6.02. The van der Waals surface area contributed by atoms with Crippen molar-refractivity contribution in [2.75, 3.05) is 11.5 Å². The van der Waals surface area contributed by atoms with Crippen LogP contribution in [0.1, 0.15) is 24.8 Å². The lowest BCUT2D eigenvalue weighted by atomic mass is 10.1.